The van der Waals surface area contributed by atoms with Crippen LogP contribution >= 0.6 is 0 Å². The van der Waals surface area contributed by atoms with Gasteiger partial charge in [-0.15, -0.1) is 0 Å². The molecule has 1 aliphatic rings. The molecule has 0 unspecified atom stereocenters. The maximum absolute atomic E-state index is 13.0. The van der Waals surface area contributed by atoms with Crippen molar-refractivity contribution in [2.24, 2.45) is 0 Å². The summed E-state index contributed by atoms with van der Waals surface area (Å²) in [4.78, 5) is 27.5. The first kappa shape index (κ1) is 20.7. The molecule has 1 aromatic heterocycles. The fourth-order valence-corrected chi connectivity index (χ4v) is 3.89. The van der Waals surface area contributed by atoms with Crippen molar-refractivity contribution in [3.05, 3.63) is 101 Å². The number of amides is 1. The third-order valence-electron chi connectivity index (χ3n) is 5.69. The number of hydrogen-bond acceptors (Lipinski definition) is 4. The zero-order valence-electron chi connectivity index (χ0n) is 17.8. The fourth-order valence-electron chi connectivity index (χ4n) is 3.89. The summed E-state index contributed by atoms with van der Waals surface area (Å²) in [6.07, 6.45) is 1.53. The molecule has 1 saturated heterocycles. The van der Waals surface area contributed by atoms with Gasteiger partial charge in [0.15, 0.2) is 0 Å². The average molecular weight is 415 g/mol. The number of carbonyl (C=O) groups excluding carboxylic acids is 2. The number of hydrogen-bond donors (Lipinski definition) is 1. The highest BCUT2D eigenvalue weighted by molar-refractivity contribution is 6.46. The Morgan fingerprint density at radius 2 is 1.71 bits per heavy atom. The number of Topliss-reactive ketones (excluding diaryl/α,β-unsaturated/α-hetero) is 1. The van der Waals surface area contributed by atoms with E-state index in [1.54, 1.807) is 24.3 Å². The first-order valence-corrected chi connectivity index (χ1v) is 10.3. The van der Waals surface area contributed by atoms with Crippen LogP contribution in [0.2, 0.25) is 0 Å². The number of benzene rings is 2. The molecule has 0 saturated carbocycles. The summed E-state index contributed by atoms with van der Waals surface area (Å²) in [7, 11) is 0. The average Bonchev–Trinajstić information content (AvgIpc) is 3.36. The number of rotatable bonds is 5. The van der Waals surface area contributed by atoms with Crippen molar-refractivity contribution < 1.29 is 19.1 Å². The lowest BCUT2D eigenvalue weighted by Crippen LogP contribution is -2.29. The molecule has 1 aliphatic heterocycles. The minimum Gasteiger partial charge on any atom is -0.507 e. The molecule has 1 atom stereocenters. The summed E-state index contributed by atoms with van der Waals surface area (Å²) in [5.41, 5.74) is 3.56. The van der Waals surface area contributed by atoms with Crippen LogP contribution in [0.1, 0.15) is 53.8 Å². The smallest absolute Gasteiger partial charge is 0.296 e. The van der Waals surface area contributed by atoms with Crippen LogP contribution in [0, 0.1) is 6.92 Å². The Bertz CT molecular complexity index is 1120. The van der Waals surface area contributed by atoms with Crippen LogP contribution in [0.15, 0.2) is 76.9 Å². The van der Waals surface area contributed by atoms with Gasteiger partial charge in [0, 0.05) is 5.56 Å². The number of nitrogens with zero attached hydrogens (tertiary/aromatic N) is 1. The van der Waals surface area contributed by atoms with E-state index in [0.29, 0.717) is 17.2 Å². The summed E-state index contributed by atoms with van der Waals surface area (Å²) in [5.74, 6) is -0.582. The number of aliphatic hydroxyl groups is 1. The molecule has 0 bridgehead atoms. The van der Waals surface area contributed by atoms with E-state index in [-0.39, 0.29) is 17.9 Å². The van der Waals surface area contributed by atoms with Crippen LogP contribution in [0.25, 0.3) is 5.76 Å². The van der Waals surface area contributed by atoms with E-state index >= 15 is 0 Å². The Kier molecular flexibility index (Phi) is 5.51. The van der Waals surface area contributed by atoms with Crippen molar-refractivity contribution in [1.82, 2.24) is 4.90 Å². The number of likely N-dealkylation sites (tertiary alicyclic amines) is 1. The van der Waals surface area contributed by atoms with Crippen LogP contribution in [0.5, 0.6) is 0 Å². The quantitative estimate of drug-likeness (QED) is 0.347. The summed E-state index contributed by atoms with van der Waals surface area (Å²) in [5, 5.41) is 11.1. The molecule has 4 rings (SSSR count). The van der Waals surface area contributed by atoms with Gasteiger partial charge in [-0.2, -0.15) is 0 Å². The highest BCUT2D eigenvalue weighted by atomic mass is 16.3. The van der Waals surface area contributed by atoms with Crippen molar-refractivity contribution in [2.75, 3.05) is 0 Å². The van der Waals surface area contributed by atoms with Gasteiger partial charge >= 0.3 is 0 Å². The van der Waals surface area contributed by atoms with Gasteiger partial charge < -0.3 is 14.4 Å². The van der Waals surface area contributed by atoms with Crippen LogP contribution in [0.3, 0.4) is 0 Å². The van der Waals surface area contributed by atoms with Crippen molar-refractivity contribution in [3.8, 4) is 0 Å². The summed E-state index contributed by atoms with van der Waals surface area (Å²) >= 11 is 0. The molecule has 2 heterocycles. The molecule has 1 N–H and O–H groups in total. The first-order chi connectivity index (χ1) is 14.9. The Morgan fingerprint density at radius 3 is 2.29 bits per heavy atom. The zero-order chi connectivity index (χ0) is 22.1. The third-order valence-corrected chi connectivity index (χ3v) is 5.69. The SMILES string of the molecule is Cc1ccc(C(O)=C2C(=O)C(=O)N(Cc3ccco3)[C@H]2c2ccc(C(C)C)cc2)cc1. The highest BCUT2D eigenvalue weighted by Gasteiger charge is 2.46. The molecule has 0 spiro atoms. The van der Waals surface area contributed by atoms with Crippen molar-refractivity contribution in [3.63, 3.8) is 0 Å². The van der Waals surface area contributed by atoms with Gasteiger partial charge in [0.25, 0.3) is 11.7 Å². The predicted molar refractivity (Wildman–Crippen MR) is 118 cm³/mol. The van der Waals surface area contributed by atoms with Gasteiger partial charge in [-0.3, -0.25) is 9.59 Å². The van der Waals surface area contributed by atoms with Gasteiger partial charge in [0.1, 0.15) is 11.5 Å². The molecule has 2 aromatic carbocycles. The molecule has 0 aliphatic carbocycles. The second kappa shape index (κ2) is 8.26. The van der Waals surface area contributed by atoms with Crippen molar-refractivity contribution in [1.29, 1.82) is 0 Å². The van der Waals surface area contributed by atoms with Gasteiger partial charge in [-0.1, -0.05) is 67.9 Å². The molecule has 0 radical (unpaired) electrons. The summed E-state index contributed by atoms with van der Waals surface area (Å²) in [6.45, 7) is 6.30. The zero-order valence-corrected chi connectivity index (χ0v) is 17.8. The number of ketones is 1. The number of aliphatic hydroxyl groups excluding tert-OH is 1. The molecular formula is C26H25NO4. The summed E-state index contributed by atoms with van der Waals surface area (Å²) < 4.78 is 5.42. The van der Waals surface area contributed by atoms with E-state index in [2.05, 4.69) is 13.8 Å². The largest absolute Gasteiger partial charge is 0.507 e. The Hall–Kier alpha value is -3.60. The van der Waals surface area contributed by atoms with Crippen LogP contribution < -0.4 is 0 Å². The molecule has 3 aromatic rings. The second-order valence-electron chi connectivity index (χ2n) is 8.19. The standard InChI is InChI=1S/C26H25NO4/c1-16(2)18-10-12-19(13-11-18)23-22(24(28)20-8-6-17(3)7-9-20)25(29)26(30)27(23)15-21-5-4-14-31-21/h4-14,16,23,28H,15H2,1-3H3/t23-/m0/s1. The van der Waals surface area contributed by atoms with Gasteiger partial charge in [-0.25, -0.2) is 0 Å². The van der Waals surface area contributed by atoms with Gasteiger partial charge in [-0.05, 0) is 36.1 Å². The maximum Gasteiger partial charge on any atom is 0.296 e. The van der Waals surface area contributed by atoms with Gasteiger partial charge in [0.05, 0.1) is 24.4 Å². The minimum absolute atomic E-state index is 0.0951. The molecular weight excluding hydrogens is 390 g/mol. The molecule has 1 fully saturated rings. The maximum atomic E-state index is 13.0. The van der Waals surface area contributed by atoms with E-state index in [1.165, 1.54) is 11.2 Å². The lowest BCUT2D eigenvalue weighted by Gasteiger charge is -2.25. The Morgan fingerprint density at radius 1 is 1.03 bits per heavy atom. The van der Waals surface area contributed by atoms with E-state index in [1.807, 2.05) is 43.3 Å². The van der Waals surface area contributed by atoms with E-state index in [4.69, 9.17) is 4.42 Å². The predicted octanol–water partition coefficient (Wildman–Crippen LogP) is 5.33. The minimum atomic E-state index is -0.701. The van der Waals surface area contributed by atoms with Crippen LogP contribution in [-0.2, 0) is 16.1 Å². The summed E-state index contributed by atoms with van der Waals surface area (Å²) in [6, 6.07) is 17.9. The first-order valence-electron chi connectivity index (χ1n) is 10.3. The van der Waals surface area contributed by atoms with Crippen molar-refractivity contribution >= 4 is 17.4 Å². The normalized spacial score (nSPS) is 18.2. The van der Waals surface area contributed by atoms with E-state index in [9.17, 15) is 14.7 Å². The number of furan rings is 1. The molecule has 5 heteroatoms. The van der Waals surface area contributed by atoms with Crippen LogP contribution in [0.4, 0.5) is 0 Å². The number of carbonyl (C=O) groups is 2. The van der Waals surface area contributed by atoms with Crippen molar-refractivity contribution in [2.45, 2.75) is 39.3 Å². The lowest BCUT2D eigenvalue weighted by molar-refractivity contribution is -0.140. The Labute approximate surface area is 181 Å². The molecule has 158 valence electrons. The third kappa shape index (κ3) is 3.91. The highest BCUT2D eigenvalue weighted by Crippen LogP contribution is 2.40. The monoisotopic (exact) mass is 415 g/mol. The van der Waals surface area contributed by atoms with E-state index < -0.39 is 17.7 Å². The Balaban J connectivity index is 1.84. The fraction of sp³-hybridized carbons (Fsp3) is 0.231. The molecule has 5 nitrogen and oxygen atoms in total. The lowest BCUT2D eigenvalue weighted by atomic mass is 9.93. The molecule has 31 heavy (non-hydrogen) atoms. The number of aryl methyl sites for hydroxylation is 1. The van der Waals surface area contributed by atoms with Crippen LogP contribution in [-0.4, -0.2) is 21.7 Å². The van der Waals surface area contributed by atoms with Gasteiger partial charge in [0.2, 0.25) is 0 Å². The topological polar surface area (TPSA) is 70.8 Å². The molecule has 1 amide bonds. The van der Waals surface area contributed by atoms with E-state index in [0.717, 1.165) is 16.7 Å². The second-order valence-corrected chi connectivity index (χ2v) is 8.19.